The van der Waals surface area contributed by atoms with Crippen LogP contribution in [0.1, 0.15) is 34.7 Å². The molecule has 4 rings (SSSR count). The monoisotopic (exact) mass is 297 g/mol. The number of aromatic nitrogens is 6. The van der Waals surface area contributed by atoms with E-state index < -0.39 is 0 Å². The molecule has 1 amide bonds. The average molecular weight is 297 g/mol. The second kappa shape index (κ2) is 4.90. The van der Waals surface area contributed by atoms with Crippen molar-refractivity contribution < 1.29 is 4.79 Å². The maximum Gasteiger partial charge on any atom is 0.263 e. The molecule has 0 saturated heterocycles. The van der Waals surface area contributed by atoms with E-state index in [1.165, 1.54) is 6.20 Å². The second-order valence-corrected chi connectivity index (χ2v) is 5.38. The molecule has 1 aliphatic heterocycles. The third-order valence-corrected chi connectivity index (χ3v) is 3.75. The van der Waals surface area contributed by atoms with Crippen LogP contribution in [0.25, 0.3) is 5.65 Å². The number of aryl methyl sites for hydroxylation is 3. The number of hydrogen-bond donors (Lipinski definition) is 1. The van der Waals surface area contributed by atoms with E-state index >= 15 is 0 Å². The van der Waals surface area contributed by atoms with Gasteiger partial charge in [-0.2, -0.15) is 10.1 Å². The fourth-order valence-electron chi connectivity index (χ4n) is 2.62. The Morgan fingerprint density at radius 1 is 1.32 bits per heavy atom. The zero-order valence-corrected chi connectivity index (χ0v) is 12.2. The Morgan fingerprint density at radius 2 is 2.23 bits per heavy atom. The predicted molar refractivity (Wildman–Crippen MR) is 78.6 cm³/mol. The Kier molecular flexibility index (Phi) is 2.88. The molecule has 112 valence electrons. The molecular weight excluding hydrogens is 282 g/mol. The number of carbonyl (C=O) groups excluding carboxylic acids is 1. The number of amides is 1. The summed E-state index contributed by atoms with van der Waals surface area (Å²) in [5, 5.41) is 11.2. The highest BCUT2D eigenvalue weighted by molar-refractivity contribution is 6.07. The molecule has 1 aliphatic rings. The summed E-state index contributed by atoms with van der Waals surface area (Å²) in [6, 6.07) is 1.84. The van der Waals surface area contributed by atoms with Gasteiger partial charge >= 0.3 is 0 Å². The van der Waals surface area contributed by atoms with Crippen LogP contribution in [0.5, 0.6) is 0 Å². The summed E-state index contributed by atoms with van der Waals surface area (Å²) in [6.45, 7) is 2.73. The lowest BCUT2D eigenvalue weighted by Crippen LogP contribution is -2.14. The number of carbonyl (C=O) groups is 1. The first-order chi connectivity index (χ1) is 10.7. The van der Waals surface area contributed by atoms with Gasteiger partial charge in [-0.1, -0.05) is 0 Å². The fraction of sp³-hybridized carbons (Fsp3) is 0.357. The van der Waals surface area contributed by atoms with E-state index in [1.807, 2.05) is 17.7 Å². The molecule has 0 unspecified atom stereocenters. The molecule has 3 aromatic rings. The number of fused-ring (bicyclic) bond motifs is 2. The van der Waals surface area contributed by atoms with Crippen LogP contribution in [-0.4, -0.2) is 35.3 Å². The number of hydrogen-bond acceptors (Lipinski definition) is 5. The second-order valence-electron chi connectivity index (χ2n) is 5.38. The summed E-state index contributed by atoms with van der Waals surface area (Å²) in [7, 11) is 0. The van der Waals surface area contributed by atoms with Crippen LogP contribution in [0.2, 0.25) is 0 Å². The largest absolute Gasteiger partial charge is 0.289 e. The molecule has 0 saturated carbocycles. The lowest BCUT2D eigenvalue weighted by molar-refractivity contribution is 0.102. The van der Waals surface area contributed by atoms with Crippen LogP contribution in [0.3, 0.4) is 0 Å². The van der Waals surface area contributed by atoms with Crippen molar-refractivity contribution in [2.45, 2.75) is 32.7 Å². The highest BCUT2D eigenvalue weighted by Gasteiger charge is 2.18. The molecule has 22 heavy (non-hydrogen) atoms. The Morgan fingerprint density at radius 3 is 3.09 bits per heavy atom. The zero-order chi connectivity index (χ0) is 15.1. The average Bonchev–Trinajstić information content (AvgIpc) is 3.09. The predicted octanol–water partition coefficient (Wildman–Crippen LogP) is 1.22. The van der Waals surface area contributed by atoms with Gasteiger partial charge in [0.2, 0.25) is 5.95 Å². The van der Waals surface area contributed by atoms with Gasteiger partial charge < -0.3 is 0 Å². The van der Waals surface area contributed by atoms with Crippen LogP contribution < -0.4 is 5.32 Å². The number of nitrogens with zero attached hydrogens (tertiary/aromatic N) is 6. The van der Waals surface area contributed by atoms with Gasteiger partial charge in [0.25, 0.3) is 5.91 Å². The summed E-state index contributed by atoms with van der Waals surface area (Å²) in [4.78, 5) is 21.1. The van der Waals surface area contributed by atoms with Gasteiger partial charge in [0.1, 0.15) is 11.4 Å². The van der Waals surface area contributed by atoms with Gasteiger partial charge in [0, 0.05) is 24.9 Å². The molecule has 0 aliphatic carbocycles. The maximum atomic E-state index is 12.4. The van der Waals surface area contributed by atoms with Gasteiger partial charge in [0.15, 0.2) is 5.65 Å². The normalized spacial score (nSPS) is 14.0. The minimum absolute atomic E-state index is 0.295. The van der Waals surface area contributed by atoms with Crippen molar-refractivity contribution in [3.8, 4) is 0 Å². The molecule has 8 heteroatoms. The van der Waals surface area contributed by atoms with Crippen LogP contribution in [-0.2, 0) is 13.0 Å². The number of rotatable bonds is 2. The van der Waals surface area contributed by atoms with Crippen molar-refractivity contribution in [1.29, 1.82) is 0 Å². The van der Waals surface area contributed by atoms with Gasteiger partial charge in [0.05, 0.1) is 6.20 Å². The van der Waals surface area contributed by atoms with E-state index in [4.69, 9.17) is 0 Å². The zero-order valence-electron chi connectivity index (χ0n) is 12.2. The van der Waals surface area contributed by atoms with E-state index in [2.05, 4.69) is 25.5 Å². The number of anilines is 1. The standard InChI is InChI=1S/C14H15N7O/c1-9-5-7-21-12(16-9)10(8-15-21)13(22)18-14-17-11-4-2-3-6-20(11)19-14/h5,7-8H,2-4,6H2,1H3,(H,18,19,22). The Bertz CT molecular complexity index is 840. The van der Waals surface area contributed by atoms with Crippen molar-refractivity contribution in [2.24, 2.45) is 0 Å². The Labute approximate surface area is 126 Å². The van der Waals surface area contributed by atoms with Gasteiger partial charge in [-0.3, -0.25) is 10.1 Å². The maximum absolute atomic E-state index is 12.4. The molecule has 8 nitrogen and oxygen atoms in total. The number of nitrogens with one attached hydrogen (secondary N) is 1. The first-order valence-electron chi connectivity index (χ1n) is 7.27. The molecule has 0 fully saturated rings. The quantitative estimate of drug-likeness (QED) is 0.768. The molecule has 0 atom stereocenters. The van der Waals surface area contributed by atoms with Crippen molar-refractivity contribution >= 4 is 17.5 Å². The lowest BCUT2D eigenvalue weighted by Gasteiger charge is -2.09. The molecule has 3 aromatic heterocycles. The van der Waals surface area contributed by atoms with Crippen molar-refractivity contribution in [3.05, 3.63) is 35.5 Å². The topological polar surface area (TPSA) is 90.0 Å². The van der Waals surface area contributed by atoms with Gasteiger partial charge in [-0.25, -0.2) is 14.2 Å². The summed E-state index contributed by atoms with van der Waals surface area (Å²) in [6.07, 6.45) is 6.40. The molecule has 0 radical (unpaired) electrons. The summed E-state index contributed by atoms with van der Waals surface area (Å²) in [5.41, 5.74) is 1.77. The van der Waals surface area contributed by atoms with E-state index in [-0.39, 0.29) is 5.91 Å². The van der Waals surface area contributed by atoms with E-state index in [1.54, 1.807) is 10.7 Å². The Balaban J connectivity index is 1.63. The molecule has 0 aromatic carbocycles. The highest BCUT2D eigenvalue weighted by atomic mass is 16.1. The van der Waals surface area contributed by atoms with Crippen molar-refractivity contribution in [1.82, 2.24) is 29.4 Å². The van der Waals surface area contributed by atoms with E-state index in [9.17, 15) is 4.79 Å². The highest BCUT2D eigenvalue weighted by Crippen LogP contribution is 2.15. The summed E-state index contributed by atoms with van der Waals surface area (Å²) >= 11 is 0. The van der Waals surface area contributed by atoms with Gasteiger partial charge in [-0.05, 0) is 25.8 Å². The molecule has 0 spiro atoms. The first-order valence-corrected chi connectivity index (χ1v) is 7.27. The van der Waals surface area contributed by atoms with E-state index in [0.29, 0.717) is 17.2 Å². The van der Waals surface area contributed by atoms with Crippen LogP contribution in [0.15, 0.2) is 18.5 Å². The van der Waals surface area contributed by atoms with Crippen molar-refractivity contribution in [3.63, 3.8) is 0 Å². The molecule has 4 heterocycles. The lowest BCUT2D eigenvalue weighted by atomic mass is 10.2. The third kappa shape index (κ3) is 2.12. The van der Waals surface area contributed by atoms with Crippen LogP contribution >= 0.6 is 0 Å². The molecule has 0 bridgehead atoms. The fourth-order valence-corrected chi connectivity index (χ4v) is 2.62. The SMILES string of the molecule is Cc1ccn2ncc(C(=O)Nc3nc4n(n3)CCCC4)c2n1. The minimum Gasteiger partial charge on any atom is -0.289 e. The summed E-state index contributed by atoms with van der Waals surface area (Å²) < 4.78 is 3.44. The molecule has 1 N–H and O–H groups in total. The van der Waals surface area contributed by atoms with Crippen molar-refractivity contribution in [2.75, 3.05) is 5.32 Å². The smallest absolute Gasteiger partial charge is 0.263 e. The Hall–Kier alpha value is -2.77. The minimum atomic E-state index is -0.295. The van der Waals surface area contributed by atoms with Crippen LogP contribution in [0.4, 0.5) is 5.95 Å². The first kappa shape index (κ1) is 12.9. The third-order valence-electron chi connectivity index (χ3n) is 3.75. The molecular formula is C14H15N7O. The van der Waals surface area contributed by atoms with Crippen LogP contribution in [0, 0.1) is 6.92 Å². The van der Waals surface area contributed by atoms with Gasteiger partial charge in [-0.15, -0.1) is 5.10 Å². The summed E-state index contributed by atoms with van der Waals surface area (Å²) in [5.74, 6) is 0.973. The van der Waals surface area contributed by atoms with E-state index in [0.717, 1.165) is 37.3 Å².